The normalized spacial score (nSPS) is 20.5. The molecule has 2 unspecified atom stereocenters. The number of carbonyl (C=O) groups excluding carboxylic acids is 1. The molecule has 4 heterocycles. The minimum atomic E-state index is -3.18. The minimum Gasteiger partial charge on any atom is -0.495 e. The molecule has 2 saturated heterocycles. The third kappa shape index (κ3) is 4.15. The zero-order chi connectivity index (χ0) is 22.0. The lowest BCUT2D eigenvalue weighted by Crippen LogP contribution is -2.55. The van der Waals surface area contributed by atoms with Crippen LogP contribution in [0.4, 0.5) is 14.6 Å². The van der Waals surface area contributed by atoms with Gasteiger partial charge in [0.25, 0.3) is 5.92 Å². The van der Waals surface area contributed by atoms with Crippen molar-refractivity contribution in [1.82, 2.24) is 14.9 Å². The lowest BCUT2D eigenvalue weighted by atomic mass is 10.0. The van der Waals surface area contributed by atoms with Crippen molar-refractivity contribution in [3.05, 3.63) is 47.9 Å². The van der Waals surface area contributed by atoms with Crippen LogP contribution in [0, 0.1) is 11.3 Å². The molecule has 0 N–H and O–H groups in total. The summed E-state index contributed by atoms with van der Waals surface area (Å²) in [4.78, 5) is 24.8. The van der Waals surface area contributed by atoms with Crippen LogP contribution in [0.2, 0.25) is 0 Å². The Bertz CT molecular complexity index is 978. The summed E-state index contributed by atoms with van der Waals surface area (Å²) in [6.45, 7) is 0.975. The van der Waals surface area contributed by atoms with Crippen molar-refractivity contribution in [3.63, 3.8) is 0 Å². The van der Waals surface area contributed by atoms with Crippen LogP contribution >= 0.6 is 0 Å². The second-order valence-corrected chi connectivity index (χ2v) is 7.89. The summed E-state index contributed by atoms with van der Waals surface area (Å²) < 4.78 is 34.4. The summed E-state index contributed by atoms with van der Waals surface area (Å²) >= 11 is 0. The number of hydrogen-bond donors (Lipinski definition) is 0. The Hall–Kier alpha value is -3.28. The van der Waals surface area contributed by atoms with Gasteiger partial charge in [0.05, 0.1) is 24.4 Å². The molecule has 2 fully saturated rings. The zero-order valence-electron chi connectivity index (χ0n) is 17.2. The van der Waals surface area contributed by atoms with Gasteiger partial charge in [-0.25, -0.2) is 13.8 Å². The van der Waals surface area contributed by atoms with Gasteiger partial charge in [0.2, 0.25) is 5.91 Å². The topological polar surface area (TPSA) is 82.4 Å². The number of nitrogens with zero attached hydrogens (tertiary/aromatic N) is 5. The molecule has 0 radical (unpaired) electrons. The number of pyridine rings is 2. The molecule has 4 rings (SSSR count). The molecule has 0 saturated carbocycles. The fourth-order valence-electron chi connectivity index (χ4n) is 4.49. The van der Waals surface area contributed by atoms with Crippen molar-refractivity contribution in [1.29, 1.82) is 5.26 Å². The summed E-state index contributed by atoms with van der Waals surface area (Å²) in [7, 11) is 1.32. The van der Waals surface area contributed by atoms with Gasteiger partial charge in [0.1, 0.15) is 17.6 Å². The lowest BCUT2D eigenvalue weighted by molar-refractivity contribution is -0.134. The minimum absolute atomic E-state index is 0.0153. The van der Waals surface area contributed by atoms with E-state index in [0.717, 1.165) is 18.7 Å². The molecule has 162 valence electrons. The third-order valence-corrected chi connectivity index (χ3v) is 6.03. The van der Waals surface area contributed by atoms with Crippen LogP contribution in [0.15, 0.2) is 36.8 Å². The highest BCUT2D eigenvalue weighted by Gasteiger charge is 2.43. The first-order valence-corrected chi connectivity index (χ1v) is 10.2. The molecule has 2 aromatic heterocycles. The number of amides is 1. The number of aromatic nitrogens is 2. The Labute approximate surface area is 179 Å². The first kappa shape index (κ1) is 21.0. The number of anilines is 1. The monoisotopic (exact) mass is 427 g/mol. The number of rotatable bonds is 6. The molecule has 31 heavy (non-hydrogen) atoms. The second kappa shape index (κ2) is 8.46. The summed E-state index contributed by atoms with van der Waals surface area (Å²) in [6, 6.07) is 7.04. The molecule has 2 aliphatic rings. The molecule has 2 aliphatic heterocycles. The van der Waals surface area contributed by atoms with Crippen molar-refractivity contribution in [2.45, 2.75) is 43.7 Å². The van der Waals surface area contributed by atoms with Gasteiger partial charge in [-0.05, 0) is 31.0 Å². The molecule has 7 nitrogen and oxygen atoms in total. The Morgan fingerprint density at radius 3 is 2.61 bits per heavy atom. The average Bonchev–Trinajstić information content (AvgIpc) is 3.06. The largest absolute Gasteiger partial charge is 0.495 e. The van der Waals surface area contributed by atoms with Crippen LogP contribution in [0.5, 0.6) is 5.75 Å². The number of alkyl halides is 2. The fraction of sp³-hybridized carbons (Fsp3) is 0.455. The molecule has 2 aromatic rings. The maximum Gasteiger partial charge on any atom is 0.277 e. The predicted octanol–water partition coefficient (Wildman–Crippen LogP) is 3.11. The smallest absolute Gasteiger partial charge is 0.277 e. The fourth-order valence-corrected chi connectivity index (χ4v) is 4.49. The highest BCUT2D eigenvalue weighted by atomic mass is 19.3. The molecular weight excluding hydrogens is 404 g/mol. The van der Waals surface area contributed by atoms with Gasteiger partial charge in [-0.3, -0.25) is 9.78 Å². The number of carbonyl (C=O) groups is 1. The van der Waals surface area contributed by atoms with Crippen LogP contribution in [0.25, 0.3) is 0 Å². The van der Waals surface area contributed by atoms with E-state index in [1.807, 2.05) is 6.07 Å². The van der Waals surface area contributed by atoms with E-state index in [4.69, 9.17) is 10.00 Å². The molecule has 1 amide bonds. The van der Waals surface area contributed by atoms with E-state index in [9.17, 15) is 13.6 Å². The van der Waals surface area contributed by atoms with Gasteiger partial charge in [-0.15, -0.1) is 0 Å². The standard InChI is InChI=1S/C22H23F2N5O2/c1-31-19-12-26-9-7-18(19)22(23,24)8-6-21(30)28-13-16-3-4-17(14-28)29(16)20-5-2-15(10-25)11-27-20/h2,5,7,9,11-12,16-17H,3-4,6,8,13-14H2,1H3. The Morgan fingerprint density at radius 1 is 1.26 bits per heavy atom. The van der Waals surface area contributed by atoms with Crippen LogP contribution in [0.3, 0.4) is 0 Å². The summed E-state index contributed by atoms with van der Waals surface area (Å²) in [6.07, 6.45) is 5.09. The van der Waals surface area contributed by atoms with Gasteiger partial charge < -0.3 is 14.5 Å². The number of halogens is 2. The SMILES string of the molecule is COc1cnccc1C(F)(F)CCC(=O)N1CC2CCC(C1)N2c1ccc(C#N)cn1. The van der Waals surface area contributed by atoms with E-state index in [-0.39, 0.29) is 35.7 Å². The van der Waals surface area contributed by atoms with Crippen LogP contribution in [0.1, 0.15) is 36.8 Å². The van der Waals surface area contributed by atoms with Crippen LogP contribution in [-0.2, 0) is 10.7 Å². The Morgan fingerprint density at radius 2 is 2.00 bits per heavy atom. The van der Waals surface area contributed by atoms with E-state index in [0.29, 0.717) is 18.7 Å². The van der Waals surface area contributed by atoms with Crippen molar-refractivity contribution >= 4 is 11.7 Å². The average molecular weight is 427 g/mol. The summed E-state index contributed by atoms with van der Waals surface area (Å²) in [5, 5.41) is 8.95. The van der Waals surface area contributed by atoms with Gasteiger partial charge in [0.15, 0.2) is 0 Å². The summed E-state index contributed by atoms with van der Waals surface area (Å²) in [5.74, 6) is -2.65. The van der Waals surface area contributed by atoms with Gasteiger partial charge in [0, 0.05) is 50.4 Å². The molecule has 0 spiro atoms. The molecule has 0 aromatic carbocycles. The molecule has 2 atom stereocenters. The Balaban J connectivity index is 1.39. The maximum absolute atomic E-state index is 14.7. The van der Waals surface area contributed by atoms with Crippen molar-refractivity contribution in [2.75, 3.05) is 25.1 Å². The Kier molecular flexibility index (Phi) is 5.72. The van der Waals surface area contributed by atoms with Gasteiger partial charge in [-0.2, -0.15) is 5.26 Å². The second-order valence-electron chi connectivity index (χ2n) is 7.89. The number of nitriles is 1. The predicted molar refractivity (Wildman–Crippen MR) is 109 cm³/mol. The van der Waals surface area contributed by atoms with E-state index in [1.165, 1.54) is 25.6 Å². The maximum atomic E-state index is 14.7. The number of fused-ring (bicyclic) bond motifs is 2. The quantitative estimate of drug-likeness (QED) is 0.705. The molecule has 0 aliphatic carbocycles. The summed E-state index contributed by atoms with van der Waals surface area (Å²) in [5.41, 5.74) is 0.242. The van der Waals surface area contributed by atoms with E-state index in [1.54, 1.807) is 17.2 Å². The van der Waals surface area contributed by atoms with Crippen molar-refractivity contribution < 1.29 is 18.3 Å². The van der Waals surface area contributed by atoms with Crippen LogP contribution < -0.4 is 9.64 Å². The molecule has 2 bridgehead atoms. The first-order chi connectivity index (χ1) is 14.9. The number of hydrogen-bond acceptors (Lipinski definition) is 6. The number of ether oxygens (including phenoxy) is 1. The highest BCUT2D eigenvalue weighted by Crippen LogP contribution is 2.39. The third-order valence-electron chi connectivity index (χ3n) is 6.03. The molecule has 9 heteroatoms. The first-order valence-electron chi connectivity index (χ1n) is 10.2. The number of piperazine rings is 1. The van der Waals surface area contributed by atoms with E-state index >= 15 is 0 Å². The van der Waals surface area contributed by atoms with E-state index in [2.05, 4.69) is 20.9 Å². The van der Waals surface area contributed by atoms with Gasteiger partial charge in [-0.1, -0.05) is 0 Å². The number of likely N-dealkylation sites (tertiary alicyclic amines) is 1. The highest BCUT2D eigenvalue weighted by molar-refractivity contribution is 5.77. The van der Waals surface area contributed by atoms with Crippen molar-refractivity contribution in [3.8, 4) is 11.8 Å². The zero-order valence-corrected chi connectivity index (χ0v) is 17.2. The number of methoxy groups -OCH3 is 1. The molecular formula is C22H23F2N5O2. The van der Waals surface area contributed by atoms with Crippen molar-refractivity contribution in [2.24, 2.45) is 0 Å². The van der Waals surface area contributed by atoms with Crippen LogP contribution in [-0.4, -0.2) is 53.1 Å². The van der Waals surface area contributed by atoms with Gasteiger partial charge >= 0.3 is 0 Å². The van der Waals surface area contributed by atoms with E-state index < -0.39 is 12.3 Å². The lowest BCUT2D eigenvalue weighted by Gasteiger charge is -2.42.